The highest BCUT2D eigenvalue weighted by Crippen LogP contribution is 2.21. The summed E-state index contributed by atoms with van der Waals surface area (Å²) >= 11 is 0. The first-order valence-corrected chi connectivity index (χ1v) is 4.66. The third kappa shape index (κ3) is 1.92. The highest BCUT2D eigenvalue weighted by atomic mass is 16.3. The first kappa shape index (κ1) is 8.78. The van der Waals surface area contributed by atoms with Crippen LogP contribution in [0.25, 0.3) is 0 Å². The van der Waals surface area contributed by atoms with Crippen LogP contribution in [0.1, 0.15) is 17.9 Å². The van der Waals surface area contributed by atoms with Crippen LogP contribution in [0.5, 0.6) is 0 Å². The Morgan fingerprint density at radius 1 is 1.62 bits per heavy atom. The summed E-state index contributed by atoms with van der Waals surface area (Å²) in [5, 5.41) is 13.2. The molecule has 0 spiro atoms. The number of hydrogen-bond acceptors (Lipinski definition) is 3. The molecule has 1 aromatic rings. The van der Waals surface area contributed by atoms with Crippen LogP contribution in [-0.2, 0) is 6.42 Å². The van der Waals surface area contributed by atoms with Gasteiger partial charge in [-0.3, -0.25) is 0 Å². The van der Waals surface area contributed by atoms with E-state index in [2.05, 4.69) is 5.32 Å². The van der Waals surface area contributed by atoms with Gasteiger partial charge in [-0.25, -0.2) is 0 Å². The molecule has 3 heteroatoms. The predicted molar refractivity (Wildman–Crippen MR) is 49.6 cm³/mol. The van der Waals surface area contributed by atoms with E-state index < -0.39 is 5.60 Å². The maximum Gasteiger partial charge on any atom is 0.107 e. The molecule has 3 nitrogen and oxygen atoms in total. The minimum atomic E-state index is -0.593. The van der Waals surface area contributed by atoms with Crippen molar-refractivity contribution < 1.29 is 9.52 Å². The van der Waals surface area contributed by atoms with E-state index >= 15 is 0 Å². The first-order valence-electron chi connectivity index (χ1n) is 4.66. The second-order valence-corrected chi connectivity index (χ2v) is 3.84. The molecule has 1 atom stereocenters. The molecule has 1 aliphatic heterocycles. The van der Waals surface area contributed by atoms with Gasteiger partial charge >= 0.3 is 0 Å². The van der Waals surface area contributed by atoms with Crippen molar-refractivity contribution >= 4 is 0 Å². The van der Waals surface area contributed by atoms with Crippen LogP contribution in [0.4, 0.5) is 0 Å². The van der Waals surface area contributed by atoms with E-state index in [-0.39, 0.29) is 0 Å². The molecule has 0 aliphatic carbocycles. The average Bonchev–Trinajstić information content (AvgIpc) is 2.62. The minimum Gasteiger partial charge on any atom is -0.466 e. The van der Waals surface area contributed by atoms with Gasteiger partial charge in [0, 0.05) is 13.0 Å². The maximum atomic E-state index is 10.0. The molecule has 1 aliphatic rings. The maximum absolute atomic E-state index is 10.0. The summed E-state index contributed by atoms with van der Waals surface area (Å²) in [6, 6.07) is 3.87. The Morgan fingerprint density at radius 3 is 3.00 bits per heavy atom. The molecule has 1 fully saturated rings. The van der Waals surface area contributed by atoms with E-state index in [4.69, 9.17) is 4.42 Å². The van der Waals surface area contributed by atoms with Crippen LogP contribution in [0, 0.1) is 6.92 Å². The van der Waals surface area contributed by atoms with Gasteiger partial charge in [0.2, 0.25) is 0 Å². The van der Waals surface area contributed by atoms with Crippen LogP contribution in [0.15, 0.2) is 16.5 Å². The molecule has 72 valence electrons. The average molecular weight is 181 g/mol. The van der Waals surface area contributed by atoms with E-state index in [1.807, 2.05) is 19.1 Å². The summed E-state index contributed by atoms with van der Waals surface area (Å²) in [6.45, 7) is 3.49. The van der Waals surface area contributed by atoms with Gasteiger partial charge in [-0.1, -0.05) is 0 Å². The lowest BCUT2D eigenvalue weighted by Crippen LogP contribution is -2.33. The lowest BCUT2D eigenvalue weighted by atomic mass is 9.98. The zero-order valence-electron chi connectivity index (χ0n) is 7.84. The van der Waals surface area contributed by atoms with Crippen LogP contribution >= 0.6 is 0 Å². The molecule has 2 heterocycles. The van der Waals surface area contributed by atoms with E-state index in [9.17, 15) is 5.11 Å². The third-order valence-electron chi connectivity index (χ3n) is 2.52. The molecule has 0 bridgehead atoms. The molecule has 1 aromatic heterocycles. The zero-order chi connectivity index (χ0) is 9.31. The zero-order valence-corrected chi connectivity index (χ0v) is 7.84. The summed E-state index contributed by atoms with van der Waals surface area (Å²) in [6.07, 6.45) is 1.43. The van der Waals surface area contributed by atoms with E-state index in [0.29, 0.717) is 13.0 Å². The number of β-amino-alcohol motifs (C(OH)–C–C–N with tert-alkyl or cyclic N) is 1. The fraction of sp³-hybridized carbons (Fsp3) is 0.600. The highest BCUT2D eigenvalue weighted by molar-refractivity contribution is 5.09. The molecule has 0 amide bonds. The topological polar surface area (TPSA) is 45.4 Å². The summed E-state index contributed by atoms with van der Waals surface area (Å²) < 4.78 is 5.42. The first-order chi connectivity index (χ1) is 6.18. The van der Waals surface area contributed by atoms with Gasteiger partial charge in [0.25, 0.3) is 0 Å². The quantitative estimate of drug-likeness (QED) is 0.711. The Kier molecular flexibility index (Phi) is 2.14. The van der Waals surface area contributed by atoms with Crippen molar-refractivity contribution in [1.29, 1.82) is 0 Å². The van der Waals surface area contributed by atoms with Gasteiger partial charge in [-0.2, -0.15) is 0 Å². The number of furan rings is 1. The normalized spacial score (nSPS) is 28.2. The fourth-order valence-corrected chi connectivity index (χ4v) is 1.79. The van der Waals surface area contributed by atoms with Crippen molar-refractivity contribution in [3.05, 3.63) is 23.7 Å². The molecular formula is C10H15NO2. The summed E-state index contributed by atoms with van der Waals surface area (Å²) in [5.41, 5.74) is -0.593. The standard InChI is InChI=1S/C10H15NO2/c1-8-2-3-9(13-8)6-10(12)4-5-11-7-10/h2-3,11-12H,4-7H2,1H3. The van der Waals surface area contributed by atoms with Crippen molar-refractivity contribution in [3.8, 4) is 0 Å². The smallest absolute Gasteiger partial charge is 0.107 e. The molecule has 2 rings (SSSR count). The molecule has 0 saturated carbocycles. The van der Waals surface area contributed by atoms with Gasteiger partial charge < -0.3 is 14.8 Å². The Morgan fingerprint density at radius 2 is 2.46 bits per heavy atom. The largest absolute Gasteiger partial charge is 0.466 e. The van der Waals surface area contributed by atoms with Gasteiger partial charge in [0.1, 0.15) is 11.5 Å². The lowest BCUT2D eigenvalue weighted by molar-refractivity contribution is 0.0563. The third-order valence-corrected chi connectivity index (χ3v) is 2.52. The molecule has 13 heavy (non-hydrogen) atoms. The molecule has 0 aromatic carbocycles. The van der Waals surface area contributed by atoms with Crippen LogP contribution in [0.2, 0.25) is 0 Å². The van der Waals surface area contributed by atoms with E-state index in [1.54, 1.807) is 0 Å². The minimum absolute atomic E-state index is 0.593. The second kappa shape index (κ2) is 3.16. The number of hydrogen-bond donors (Lipinski definition) is 2. The molecule has 0 radical (unpaired) electrons. The van der Waals surface area contributed by atoms with Crippen molar-refractivity contribution in [2.75, 3.05) is 13.1 Å². The van der Waals surface area contributed by atoms with Crippen LogP contribution in [0.3, 0.4) is 0 Å². The Hall–Kier alpha value is -0.800. The molecule has 1 saturated heterocycles. The fourth-order valence-electron chi connectivity index (χ4n) is 1.79. The van der Waals surface area contributed by atoms with Gasteiger partial charge in [0.05, 0.1) is 5.60 Å². The van der Waals surface area contributed by atoms with Crippen LogP contribution in [-0.4, -0.2) is 23.8 Å². The molecule has 2 N–H and O–H groups in total. The highest BCUT2D eigenvalue weighted by Gasteiger charge is 2.32. The van der Waals surface area contributed by atoms with Crippen molar-refractivity contribution in [3.63, 3.8) is 0 Å². The van der Waals surface area contributed by atoms with Crippen LogP contribution < -0.4 is 5.32 Å². The van der Waals surface area contributed by atoms with Gasteiger partial charge in [0.15, 0.2) is 0 Å². The monoisotopic (exact) mass is 181 g/mol. The van der Waals surface area contributed by atoms with Gasteiger partial charge in [-0.05, 0) is 32.0 Å². The number of nitrogens with one attached hydrogen (secondary N) is 1. The molecular weight excluding hydrogens is 166 g/mol. The predicted octanol–water partition coefficient (Wildman–Crippen LogP) is 0.855. The number of aliphatic hydroxyl groups is 1. The molecule has 1 unspecified atom stereocenters. The number of aryl methyl sites for hydroxylation is 1. The second-order valence-electron chi connectivity index (χ2n) is 3.84. The van der Waals surface area contributed by atoms with Crippen molar-refractivity contribution in [2.45, 2.75) is 25.4 Å². The van der Waals surface area contributed by atoms with E-state index in [0.717, 1.165) is 24.5 Å². The SMILES string of the molecule is Cc1ccc(CC2(O)CCNC2)o1. The Labute approximate surface area is 77.8 Å². The summed E-state index contributed by atoms with van der Waals surface area (Å²) in [5.74, 6) is 1.79. The summed E-state index contributed by atoms with van der Waals surface area (Å²) in [4.78, 5) is 0. The Bertz CT molecular complexity index is 287. The number of rotatable bonds is 2. The van der Waals surface area contributed by atoms with E-state index in [1.165, 1.54) is 0 Å². The van der Waals surface area contributed by atoms with Crippen molar-refractivity contribution in [2.24, 2.45) is 0 Å². The lowest BCUT2D eigenvalue weighted by Gasteiger charge is -2.19. The van der Waals surface area contributed by atoms with Gasteiger partial charge in [-0.15, -0.1) is 0 Å². The summed E-state index contributed by atoms with van der Waals surface area (Å²) in [7, 11) is 0. The Balaban J connectivity index is 2.04. The van der Waals surface area contributed by atoms with Crippen molar-refractivity contribution in [1.82, 2.24) is 5.32 Å².